The van der Waals surface area contributed by atoms with Gasteiger partial charge in [0.25, 0.3) is 0 Å². The van der Waals surface area contributed by atoms with Crippen LogP contribution in [0.1, 0.15) is 27.2 Å². The lowest BCUT2D eigenvalue weighted by Gasteiger charge is -2.01. The van der Waals surface area contributed by atoms with Crippen molar-refractivity contribution < 1.29 is 34.3 Å². The maximum atomic E-state index is 9.37. The van der Waals surface area contributed by atoms with Crippen LogP contribution in [0.5, 0.6) is 0 Å². The molecule has 0 fully saturated rings. The Morgan fingerprint density at radius 1 is 0.800 bits per heavy atom. The smallest absolute Gasteiger partial charge is 0.303 e. The lowest BCUT2D eigenvalue weighted by atomic mass is 10.5. The molecular formula is C13H30O7. The predicted octanol–water partition coefficient (Wildman–Crippen LogP) is 0.528. The number of aliphatic carboxylic acids is 1. The second-order valence-electron chi connectivity index (χ2n) is 3.20. The van der Waals surface area contributed by atoms with Crippen molar-refractivity contribution in [1.82, 2.24) is 0 Å². The molecule has 0 spiro atoms. The highest BCUT2D eigenvalue weighted by atomic mass is 16.5. The summed E-state index contributed by atoms with van der Waals surface area (Å²) >= 11 is 0. The third-order valence-corrected chi connectivity index (χ3v) is 1.55. The van der Waals surface area contributed by atoms with Gasteiger partial charge in [-0.05, 0) is 13.8 Å². The molecule has 7 nitrogen and oxygen atoms in total. The summed E-state index contributed by atoms with van der Waals surface area (Å²) in [7, 11) is 0. The largest absolute Gasteiger partial charge is 0.481 e. The van der Waals surface area contributed by atoms with Gasteiger partial charge in [0.1, 0.15) is 0 Å². The van der Waals surface area contributed by atoms with Crippen LogP contribution in [0.15, 0.2) is 0 Å². The van der Waals surface area contributed by atoms with E-state index in [0.717, 1.165) is 13.2 Å². The molecule has 0 atom stereocenters. The van der Waals surface area contributed by atoms with Crippen molar-refractivity contribution in [3.8, 4) is 0 Å². The molecule has 0 saturated heterocycles. The Bertz CT molecular complexity index is 155. The summed E-state index contributed by atoms with van der Waals surface area (Å²) in [4.78, 5) is 9.37. The molecule has 0 aliphatic rings. The van der Waals surface area contributed by atoms with Gasteiger partial charge in [-0.3, -0.25) is 4.79 Å². The Labute approximate surface area is 121 Å². The first-order valence-electron chi connectivity index (χ1n) is 6.77. The van der Waals surface area contributed by atoms with E-state index in [1.54, 1.807) is 6.92 Å². The van der Waals surface area contributed by atoms with Crippen LogP contribution >= 0.6 is 0 Å². The molecule has 0 aliphatic carbocycles. The highest BCUT2D eigenvalue weighted by Crippen LogP contribution is 1.76. The summed E-state index contributed by atoms with van der Waals surface area (Å²) in [6.07, 6.45) is 0.222. The minimum atomic E-state index is -0.745. The van der Waals surface area contributed by atoms with Crippen LogP contribution in [-0.4, -0.2) is 74.1 Å². The minimum absolute atomic E-state index is 0.0417. The molecule has 3 N–H and O–H groups in total. The van der Waals surface area contributed by atoms with Crippen molar-refractivity contribution in [3.63, 3.8) is 0 Å². The van der Waals surface area contributed by atoms with Crippen LogP contribution in [0.2, 0.25) is 0 Å². The molecule has 0 bridgehead atoms. The first-order valence-corrected chi connectivity index (χ1v) is 6.77. The van der Waals surface area contributed by atoms with Crippen LogP contribution in [0.25, 0.3) is 0 Å². The summed E-state index contributed by atoms with van der Waals surface area (Å²) < 4.78 is 14.6. The van der Waals surface area contributed by atoms with E-state index in [-0.39, 0.29) is 19.6 Å². The van der Waals surface area contributed by atoms with Crippen LogP contribution in [0.4, 0.5) is 0 Å². The van der Waals surface area contributed by atoms with Crippen LogP contribution in [-0.2, 0) is 19.0 Å². The molecule has 0 amide bonds. The van der Waals surface area contributed by atoms with Gasteiger partial charge in [-0.25, -0.2) is 0 Å². The van der Waals surface area contributed by atoms with Crippen LogP contribution in [0, 0.1) is 0 Å². The Balaban J connectivity index is -0.000000244. The second-order valence-corrected chi connectivity index (χ2v) is 3.20. The average Bonchev–Trinajstić information content (AvgIpc) is 2.45. The molecule has 0 saturated carbocycles. The van der Waals surface area contributed by atoms with Gasteiger partial charge in [-0.1, -0.05) is 6.92 Å². The van der Waals surface area contributed by atoms with Crippen molar-refractivity contribution in [1.29, 1.82) is 0 Å². The van der Waals surface area contributed by atoms with E-state index in [9.17, 15) is 4.79 Å². The molecular weight excluding hydrogens is 268 g/mol. The summed E-state index contributed by atoms with van der Waals surface area (Å²) in [6.45, 7) is 8.99. The van der Waals surface area contributed by atoms with Gasteiger partial charge in [0.2, 0.25) is 0 Å². The SMILES string of the molecule is CCC(=O)O.CCOCC.OCCOCCOCCO. The van der Waals surface area contributed by atoms with Gasteiger partial charge in [0.05, 0.1) is 39.6 Å². The summed E-state index contributed by atoms with van der Waals surface area (Å²) in [5.41, 5.74) is 0. The quantitative estimate of drug-likeness (QED) is 0.505. The molecule has 0 radical (unpaired) electrons. The number of hydrogen-bond acceptors (Lipinski definition) is 6. The van der Waals surface area contributed by atoms with Crippen LogP contribution in [0.3, 0.4) is 0 Å². The van der Waals surface area contributed by atoms with Crippen molar-refractivity contribution in [2.75, 3.05) is 52.9 Å². The van der Waals surface area contributed by atoms with Crippen molar-refractivity contribution in [3.05, 3.63) is 0 Å². The van der Waals surface area contributed by atoms with Gasteiger partial charge in [0, 0.05) is 19.6 Å². The van der Waals surface area contributed by atoms with E-state index in [1.165, 1.54) is 0 Å². The summed E-state index contributed by atoms with van der Waals surface area (Å²) in [5.74, 6) is -0.745. The molecule has 0 heterocycles. The molecule has 0 aromatic heterocycles. The number of carboxylic acid groups (broad SMARTS) is 1. The minimum Gasteiger partial charge on any atom is -0.481 e. The van der Waals surface area contributed by atoms with Gasteiger partial charge in [0.15, 0.2) is 0 Å². The third kappa shape index (κ3) is 43.3. The van der Waals surface area contributed by atoms with Gasteiger partial charge < -0.3 is 29.5 Å². The highest BCUT2D eigenvalue weighted by molar-refractivity contribution is 5.66. The third-order valence-electron chi connectivity index (χ3n) is 1.55. The zero-order chi connectivity index (χ0) is 16.1. The number of carboxylic acids is 1. The van der Waals surface area contributed by atoms with Crippen molar-refractivity contribution in [2.24, 2.45) is 0 Å². The van der Waals surface area contributed by atoms with Gasteiger partial charge >= 0.3 is 5.97 Å². The molecule has 0 aliphatic heterocycles. The Hall–Kier alpha value is -0.730. The number of hydrogen-bond donors (Lipinski definition) is 3. The maximum Gasteiger partial charge on any atom is 0.303 e. The lowest BCUT2D eigenvalue weighted by molar-refractivity contribution is -0.136. The molecule has 0 rings (SSSR count). The van der Waals surface area contributed by atoms with E-state index in [4.69, 9.17) is 29.5 Å². The fourth-order valence-electron chi connectivity index (χ4n) is 0.655. The molecule has 20 heavy (non-hydrogen) atoms. The number of carbonyl (C=O) groups is 1. The Kier molecular flexibility index (Phi) is 32.5. The average molecular weight is 298 g/mol. The van der Waals surface area contributed by atoms with Crippen molar-refractivity contribution >= 4 is 5.97 Å². The fourth-order valence-corrected chi connectivity index (χ4v) is 0.655. The van der Waals surface area contributed by atoms with E-state index in [0.29, 0.717) is 26.4 Å². The Morgan fingerprint density at radius 3 is 1.30 bits per heavy atom. The van der Waals surface area contributed by atoms with E-state index in [2.05, 4.69) is 0 Å². The maximum absolute atomic E-state index is 9.37. The number of aliphatic hydroxyl groups excluding tert-OH is 2. The number of ether oxygens (including phenoxy) is 3. The monoisotopic (exact) mass is 298 g/mol. The zero-order valence-electron chi connectivity index (χ0n) is 12.8. The normalized spacial score (nSPS) is 9.05. The summed E-state index contributed by atoms with van der Waals surface area (Å²) in [6, 6.07) is 0. The van der Waals surface area contributed by atoms with Gasteiger partial charge in [-0.15, -0.1) is 0 Å². The first-order chi connectivity index (χ1) is 9.60. The molecule has 7 heteroatoms. The number of aliphatic hydroxyl groups is 2. The van der Waals surface area contributed by atoms with E-state index in [1.807, 2.05) is 13.8 Å². The van der Waals surface area contributed by atoms with Crippen molar-refractivity contribution in [2.45, 2.75) is 27.2 Å². The van der Waals surface area contributed by atoms with Gasteiger partial charge in [-0.2, -0.15) is 0 Å². The molecule has 0 aromatic carbocycles. The standard InChI is InChI=1S/C6H14O4.C4H10O.C3H6O2/c7-1-3-9-5-6-10-4-2-8;1-3-5-4-2;1-2-3(4)5/h7-8H,1-6H2;3-4H2,1-2H3;2H2,1H3,(H,4,5). The summed E-state index contributed by atoms with van der Waals surface area (Å²) in [5, 5.41) is 24.2. The predicted molar refractivity (Wildman–Crippen MR) is 75.9 cm³/mol. The fraction of sp³-hybridized carbons (Fsp3) is 0.923. The van der Waals surface area contributed by atoms with E-state index >= 15 is 0 Å². The molecule has 0 unspecified atom stereocenters. The zero-order valence-corrected chi connectivity index (χ0v) is 12.8. The Morgan fingerprint density at radius 2 is 1.15 bits per heavy atom. The number of rotatable bonds is 10. The highest BCUT2D eigenvalue weighted by Gasteiger charge is 1.86. The molecule has 124 valence electrons. The molecule has 0 aromatic rings. The topological polar surface area (TPSA) is 105 Å². The first kappa shape index (κ1) is 24.3. The van der Waals surface area contributed by atoms with E-state index < -0.39 is 5.97 Å². The second kappa shape index (κ2) is 26.8. The van der Waals surface area contributed by atoms with Crippen LogP contribution < -0.4 is 0 Å². The lowest BCUT2D eigenvalue weighted by Crippen LogP contribution is -2.09.